The van der Waals surface area contributed by atoms with Gasteiger partial charge in [-0.1, -0.05) is 35.0 Å². The van der Waals surface area contributed by atoms with Crippen LogP contribution in [0.4, 0.5) is 11.4 Å². The predicted octanol–water partition coefficient (Wildman–Crippen LogP) is 5.90. The quantitative estimate of drug-likeness (QED) is 0.329. The van der Waals surface area contributed by atoms with Gasteiger partial charge in [0.2, 0.25) is 11.8 Å². The third-order valence-corrected chi connectivity index (χ3v) is 7.18. The van der Waals surface area contributed by atoms with E-state index >= 15 is 0 Å². The molecule has 3 aromatic rings. The standard InChI is InChI=1S/C22H22BrCl2N5O2S/c1-4-30-19(10-20(31)26-14-5-6-16(24)17(25)9-14)28-29-22(30)33-11-21(32)27-18-8-13(3)12(2)7-15(18)23/h5-9H,4,10-11H2,1-3H3,(H,26,31)(H,27,32). The fraction of sp³-hybridized carbons (Fsp3) is 0.273. The first-order chi connectivity index (χ1) is 15.7. The number of nitrogens with one attached hydrogen (secondary N) is 2. The zero-order valence-corrected chi connectivity index (χ0v) is 22.1. The number of carbonyl (C=O) groups excluding carboxylic acids is 2. The van der Waals surface area contributed by atoms with Gasteiger partial charge in [-0.15, -0.1) is 10.2 Å². The fourth-order valence-electron chi connectivity index (χ4n) is 2.99. The van der Waals surface area contributed by atoms with Gasteiger partial charge < -0.3 is 15.2 Å². The Kier molecular flexibility index (Phi) is 8.81. The summed E-state index contributed by atoms with van der Waals surface area (Å²) in [7, 11) is 0. The van der Waals surface area contributed by atoms with Gasteiger partial charge in [0.1, 0.15) is 5.82 Å². The number of aryl methyl sites for hydroxylation is 2. The first-order valence-electron chi connectivity index (χ1n) is 10.0. The molecule has 0 saturated heterocycles. The second-order valence-electron chi connectivity index (χ2n) is 7.25. The molecule has 0 atom stereocenters. The number of amides is 2. The SMILES string of the molecule is CCn1c(CC(=O)Nc2ccc(Cl)c(Cl)c2)nnc1SCC(=O)Nc1cc(C)c(C)cc1Br. The summed E-state index contributed by atoms with van der Waals surface area (Å²) >= 11 is 16.7. The van der Waals surface area contributed by atoms with Crippen molar-refractivity contribution in [1.82, 2.24) is 14.8 Å². The van der Waals surface area contributed by atoms with E-state index in [0.29, 0.717) is 33.3 Å². The molecule has 2 amide bonds. The number of benzene rings is 2. The van der Waals surface area contributed by atoms with Gasteiger partial charge in [-0.3, -0.25) is 9.59 Å². The summed E-state index contributed by atoms with van der Waals surface area (Å²) < 4.78 is 2.65. The summed E-state index contributed by atoms with van der Waals surface area (Å²) in [5.41, 5.74) is 3.50. The van der Waals surface area contributed by atoms with Crippen LogP contribution in [0.5, 0.6) is 0 Å². The van der Waals surface area contributed by atoms with Crippen LogP contribution in [0, 0.1) is 13.8 Å². The van der Waals surface area contributed by atoms with Gasteiger partial charge in [0.25, 0.3) is 0 Å². The molecule has 0 unspecified atom stereocenters. The molecule has 174 valence electrons. The molecule has 0 aliphatic carbocycles. The van der Waals surface area contributed by atoms with Crippen LogP contribution in [-0.4, -0.2) is 32.3 Å². The minimum Gasteiger partial charge on any atom is -0.326 e. The number of aromatic nitrogens is 3. The summed E-state index contributed by atoms with van der Waals surface area (Å²) in [5.74, 6) is 0.250. The molecule has 11 heteroatoms. The molecule has 1 aromatic heterocycles. The number of nitrogens with zero attached hydrogens (tertiary/aromatic N) is 3. The van der Waals surface area contributed by atoms with Gasteiger partial charge in [0.05, 0.1) is 27.9 Å². The minimum absolute atomic E-state index is 0.0312. The second-order valence-corrected chi connectivity index (χ2v) is 9.86. The number of hydrogen-bond acceptors (Lipinski definition) is 5. The van der Waals surface area contributed by atoms with Crippen LogP contribution in [0.3, 0.4) is 0 Å². The van der Waals surface area contributed by atoms with Crippen LogP contribution in [0.15, 0.2) is 40.0 Å². The van der Waals surface area contributed by atoms with E-state index in [-0.39, 0.29) is 24.0 Å². The second kappa shape index (κ2) is 11.4. The van der Waals surface area contributed by atoms with Gasteiger partial charge in [0.15, 0.2) is 5.16 Å². The lowest BCUT2D eigenvalue weighted by Gasteiger charge is -2.11. The van der Waals surface area contributed by atoms with Crippen LogP contribution in [0.1, 0.15) is 23.9 Å². The Morgan fingerprint density at radius 3 is 2.45 bits per heavy atom. The molecule has 0 fully saturated rings. The Morgan fingerprint density at radius 1 is 1.03 bits per heavy atom. The Bertz CT molecular complexity index is 1200. The average molecular weight is 571 g/mol. The molecule has 0 bridgehead atoms. The van der Waals surface area contributed by atoms with E-state index in [1.54, 1.807) is 18.2 Å². The number of anilines is 2. The first-order valence-corrected chi connectivity index (χ1v) is 12.6. The maximum Gasteiger partial charge on any atom is 0.234 e. The van der Waals surface area contributed by atoms with E-state index in [9.17, 15) is 9.59 Å². The summed E-state index contributed by atoms with van der Waals surface area (Å²) in [6.07, 6.45) is 0.0312. The summed E-state index contributed by atoms with van der Waals surface area (Å²) in [5, 5.41) is 15.3. The molecule has 33 heavy (non-hydrogen) atoms. The number of rotatable bonds is 8. The van der Waals surface area contributed by atoms with E-state index in [1.165, 1.54) is 11.8 Å². The lowest BCUT2D eigenvalue weighted by atomic mass is 10.1. The molecule has 0 spiro atoms. The molecule has 3 rings (SSSR count). The van der Waals surface area contributed by atoms with Crippen molar-refractivity contribution in [3.63, 3.8) is 0 Å². The maximum absolute atomic E-state index is 12.5. The lowest BCUT2D eigenvalue weighted by molar-refractivity contribution is -0.116. The molecule has 0 aliphatic heterocycles. The maximum atomic E-state index is 12.5. The van der Waals surface area contributed by atoms with Gasteiger partial charge in [-0.05, 0) is 78.2 Å². The van der Waals surface area contributed by atoms with E-state index in [1.807, 2.05) is 37.5 Å². The Labute approximate surface area is 214 Å². The fourth-order valence-corrected chi connectivity index (χ4v) is 4.67. The number of thioether (sulfide) groups is 1. The van der Waals surface area contributed by atoms with Crippen LogP contribution in [0.25, 0.3) is 0 Å². The Balaban J connectivity index is 1.60. The zero-order chi connectivity index (χ0) is 24.1. The van der Waals surface area contributed by atoms with Gasteiger partial charge >= 0.3 is 0 Å². The highest BCUT2D eigenvalue weighted by molar-refractivity contribution is 9.10. The van der Waals surface area contributed by atoms with Crippen molar-refractivity contribution in [2.24, 2.45) is 0 Å². The molecule has 0 radical (unpaired) electrons. The predicted molar refractivity (Wildman–Crippen MR) is 137 cm³/mol. The van der Waals surface area contributed by atoms with Gasteiger partial charge in [0, 0.05) is 16.7 Å². The van der Waals surface area contributed by atoms with Crippen LogP contribution in [0.2, 0.25) is 10.0 Å². The van der Waals surface area contributed by atoms with Gasteiger partial charge in [-0.25, -0.2) is 0 Å². The van der Waals surface area contributed by atoms with E-state index in [2.05, 4.69) is 36.8 Å². The topological polar surface area (TPSA) is 88.9 Å². The molecule has 2 aromatic carbocycles. The van der Waals surface area contributed by atoms with Crippen molar-refractivity contribution in [3.8, 4) is 0 Å². The highest BCUT2D eigenvalue weighted by Gasteiger charge is 2.17. The summed E-state index contributed by atoms with van der Waals surface area (Å²) in [6, 6.07) is 8.77. The summed E-state index contributed by atoms with van der Waals surface area (Å²) in [6.45, 7) is 6.51. The van der Waals surface area contributed by atoms with Crippen molar-refractivity contribution in [3.05, 3.63) is 61.8 Å². The van der Waals surface area contributed by atoms with E-state index < -0.39 is 0 Å². The van der Waals surface area contributed by atoms with Crippen LogP contribution < -0.4 is 10.6 Å². The molecular formula is C22H22BrCl2N5O2S. The molecule has 0 saturated carbocycles. The number of hydrogen-bond donors (Lipinski definition) is 2. The van der Waals surface area contributed by atoms with Crippen molar-refractivity contribution in [2.75, 3.05) is 16.4 Å². The normalized spacial score (nSPS) is 10.8. The zero-order valence-electron chi connectivity index (χ0n) is 18.2. The minimum atomic E-state index is -0.260. The van der Waals surface area contributed by atoms with Crippen molar-refractivity contribution in [2.45, 2.75) is 38.9 Å². The monoisotopic (exact) mass is 569 g/mol. The average Bonchev–Trinajstić information content (AvgIpc) is 3.14. The smallest absolute Gasteiger partial charge is 0.234 e. The summed E-state index contributed by atoms with van der Waals surface area (Å²) in [4.78, 5) is 24.9. The third kappa shape index (κ3) is 6.72. The van der Waals surface area contributed by atoms with Crippen molar-refractivity contribution >= 4 is 74.1 Å². The highest BCUT2D eigenvalue weighted by Crippen LogP contribution is 2.27. The van der Waals surface area contributed by atoms with Crippen LogP contribution in [-0.2, 0) is 22.6 Å². The molecule has 7 nitrogen and oxygen atoms in total. The first kappa shape index (κ1) is 25.6. The Hall–Kier alpha value is -2.07. The lowest BCUT2D eigenvalue weighted by Crippen LogP contribution is -2.18. The molecule has 0 aliphatic rings. The van der Waals surface area contributed by atoms with Crippen molar-refractivity contribution in [1.29, 1.82) is 0 Å². The molecular weight excluding hydrogens is 549 g/mol. The number of halogens is 3. The van der Waals surface area contributed by atoms with E-state index in [4.69, 9.17) is 23.2 Å². The van der Waals surface area contributed by atoms with Crippen molar-refractivity contribution < 1.29 is 9.59 Å². The largest absolute Gasteiger partial charge is 0.326 e. The Morgan fingerprint density at radius 2 is 1.76 bits per heavy atom. The third-order valence-electron chi connectivity index (χ3n) is 4.82. The van der Waals surface area contributed by atoms with Crippen LogP contribution >= 0.6 is 50.9 Å². The van der Waals surface area contributed by atoms with Gasteiger partial charge in [-0.2, -0.15) is 0 Å². The molecule has 2 N–H and O–H groups in total. The number of carbonyl (C=O) groups is 2. The molecule has 1 heterocycles. The highest BCUT2D eigenvalue weighted by atomic mass is 79.9. The van der Waals surface area contributed by atoms with E-state index in [0.717, 1.165) is 21.3 Å².